The number of ether oxygens (including phenoxy) is 1. The number of allylic oxidation sites excluding steroid dienone is 3. The summed E-state index contributed by atoms with van der Waals surface area (Å²) < 4.78 is 5.04. The van der Waals surface area contributed by atoms with Crippen LogP contribution in [0, 0.1) is 5.92 Å². The molecular weight excluding hydrogens is 268 g/mol. The lowest BCUT2D eigenvalue weighted by molar-refractivity contribution is -0.122. The molecule has 2 aliphatic carbocycles. The van der Waals surface area contributed by atoms with E-state index in [9.17, 15) is 9.59 Å². The molecular formula is C16H18N2O3. The summed E-state index contributed by atoms with van der Waals surface area (Å²) in [4.78, 5) is 27.6. The minimum atomic E-state index is -0.310. The molecule has 2 amide bonds. The highest BCUT2D eigenvalue weighted by molar-refractivity contribution is 6.11. The number of carbonyl (C=O) groups excluding carboxylic acids is 2. The van der Waals surface area contributed by atoms with E-state index >= 15 is 0 Å². The molecule has 1 N–H and O–H groups in total. The largest absolute Gasteiger partial charge is 0.372 e. The third kappa shape index (κ3) is 2.74. The van der Waals surface area contributed by atoms with Crippen LogP contribution in [0.2, 0.25) is 0 Å². The summed E-state index contributed by atoms with van der Waals surface area (Å²) in [5.74, 6) is -0.170. The summed E-state index contributed by atoms with van der Waals surface area (Å²) >= 11 is 0. The van der Waals surface area contributed by atoms with Gasteiger partial charge in [0.05, 0.1) is 5.71 Å². The van der Waals surface area contributed by atoms with E-state index < -0.39 is 0 Å². The first-order chi connectivity index (χ1) is 10.2. The van der Waals surface area contributed by atoms with Crippen molar-refractivity contribution in [3.63, 3.8) is 0 Å². The molecule has 3 aliphatic rings. The second kappa shape index (κ2) is 5.77. The van der Waals surface area contributed by atoms with Gasteiger partial charge in [-0.3, -0.25) is 9.59 Å². The Bertz CT molecular complexity index is 611. The fourth-order valence-corrected chi connectivity index (χ4v) is 3.02. The minimum Gasteiger partial charge on any atom is -0.372 e. The Hall–Kier alpha value is -2.01. The third-order valence-electron chi connectivity index (χ3n) is 3.95. The first-order valence-corrected chi connectivity index (χ1v) is 7.31. The molecule has 1 heterocycles. The van der Waals surface area contributed by atoms with Crippen molar-refractivity contribution in [1.29, 1.82) is 0 Å². The maximum absolute atomic E-state index is 12.0. The normalized spacial score (nSPS) is 25.6. The van der Waals surface area contributed by atoms with Crippen molar-refractivity contribution in [3.05, 3.63) is 35.1 Å². The maximum atomic E-state index is 12.0. The van der Waals surface area contributed by atoms with Crippen molar-refractivity contribution < 1.29 is 14.3 Å². The van der Waals surface area contributed by atoms with Gasteiger partial charge in [0.1, 0.15) is 6.61 Å². The first kappa shape index (κ1) is 13.9. The van der Waals surface area contributed by atoms with Crippen LogP contribution in [-0.2, 0) is 14.3 Å². The van der Waals surface area contributed by atoms with Gasteiger partial charge in [0, 0.05) is 23.8 Å². The second-order valence-corrected chi connectivity index (χ2v) is 5.32. The highest BCUT2D eigenvalue weighted by atomic mass is 16.5. The zero-order chi connectivity index (χ0) is 14.8. The van der Waals surface area contributed by atoms with Gasteiger partial charge in [0.15, 0.2) is 0 Å². The summed E-state index contributed by atoms with van der Waals surface area (Å²) in [6.07, 6.45) is 8.54. The lowest BCUT2D eigenvalue weighted by Gasteiger charge is -2.28. The molecule has 0 aromatic heterocycles. The quantitative estimate of drug-likeness (QED) is 0.858. The van der Waals surface area contributed by atoms with Crippen LogP contribution >= 0.6 is 0 Å². The summed E-state index contributed by atoms with van der Waals surface area (Å²) in [6, 6.07) is 0. The number of carbonyl (C=O) groups is 2. The Balaban J connectivity index is 1.81. The number of aliphatic imine (C=N–C) groups is 1. The molecule has 0 bridgehead atoms. The van der Waals surface area contributed by atoms with Crippen LogP contribution in [0.5, 0.6) is 0 Å². The van der Waals surface area contributed by atoms with Gasteiger partial charge < -0.3 is 10.1 Å². The van der Waals surface area contributed by atoms with E-state index in [2.05, 4.69) is 10.3 Å². The molecule has 0 aromatic carbocycles. The molecule has 1 unspecified atom stereocenters. The van der Waals surface area contributed by atoms with Crippen LogP contribution in [0.25, 0.3) is 0 Å². The first-order valence-electron chi connectivity index (χ1n) is 7.31. The number of nitrogens with one attached hydrogen (secondary N) is 1. The number of fused-ring (bicyclic) bond motifs is 2. The van der Waals surface area contributed by atoms with E-state index in [0.717, 1.165) is 30.5 Å². The van der Waals surface area contributed by atoms with Crippen LogP contribution < -0.4 is 5.32 Å². The second-order valence-electron chi connectivity index (χ2n) is 5.32. The fourth-order valence-electron chi connectivity index (χ4n) is 3.02. The standard InChI is InChI=1S/C16H18N2O3/c1-2-21-9-15(19)17-10-6-7-12-11-4-3-5-13(11)16(20)18-14(12)8-10/h6-8,12H,2-5,9H2,1H3,(H,18,20). The molecule has 0 saturated heterocycles. The Kier molecular flexibility index (Phi) is 3.84. The molecule has 0 fully saturated rings. The molecule has 5 heteroatoms. The predicted molar refractivity (Wildman–Crippen MR) is 78.7 cm³/mol. The summed E-state index contributed by atoms with van der Waals surface area (Å²) in [5.41, 5.74) is 3.55. The number of rotatable bonds is 3. The predicted octanol–water partition coefficient (Wildman–Crippen LogP) is 1.67. The molecule has 1 aliphatic heterocycles. The SMILES string of the molecule is CCOCC(=O)N=C1C=CC2C(=C1)NC(=O)C1=C2CCC1. The number of hydrogen-bond donors (Lipinski definition) is 1. The van der Waals surface area contributed by atoms with Crippen molar-refractivity contribution in [2.24, 2.45) is 10.9 Å². The van der Waals surface area contributed by atoms with Crippen molar-refractivity contribution >= 4 is 17.5 Å². The average Bonchev–Trinajstić information content (AvgIpc) is 2.95. The van der Waals surface area contributed by atoms with Gasteiger partial charge >= 0.3 is 0 Å². The topological polar surface area (TPSA) is 67.8 Å². The minimum absolute atomic E-state index is 0.000271. The van der Waals surface area contributed by atoms with Crippen molar-refractivity contribution in [1.82, 2.24) is 5.32 Å². The van der Waals surface area contributed by atoms with Gasteiger partial charge in [0.2, 0.25) is 0 Å². The number of amides is 2. The van der Waals surface area contributed by atoms with E-state index in [-0.39, 0.29) is 24.3 Å². The molecule has 0 aromatic rings. The summed E-state index contributed by atoms with van der Waals surface area (Å²) in [5, 5.41) is 2.93. The van der Waals surface area contributed by atoms with Crippen molar-refractivity contribution in [2.45, 2.75) is 26.2 Å². The third-order valence-corrected chi connectivity index (χ3v) is 3.95. The van der Waals surface area contributed by atoms with Crippen molar-refractivity contribution in [2.75, 3.05) is 13.2 Å². The Labute approximate surface area is 123 Å². The maximum Gasteiger partial charge on any atom is 0.272 e. The van der Waals surface area contributed by atoms with E-state index in [1.165, 1.54) is 5.57 Å². The zero-order valence-electron chi connectivity index (χ0n) is 12.0. The zero-order valence-corrected chi connectivity index (χ0v) is 12.0. The number of hydrogen-bond acceptors (Lipinski definition) is 3. The smallest absolute Gasteiger partial charge is 0.272 e. The molecule has 5 nitrogen and oxygen atoms in total. The van der Waals surface area contributed by atoms with Crippen LogP contribution in [-0.4, -0.2) is 30.7 Å². The Morgan fingerprint density at radius 1 is 1.48 bits per heavy atom. The van der Waals surface area contributed by atoms with Gasteiger partial charge in [-0.15, -0.1) is 0 Å². The molecule has 21 heavy (non-hydrogen) atoms. The van der Waals surface area contributed by atoms with Gasteiger partial charge in [-0.05, 0) is 43.9 Å². The van der Waals surface area contributed by atoms with Gasteiger partial charge in [-0.25, -0.2) is 4.99 Å². The van der Waals surface area contributed by atoms with E-state index in [4.69, 9.17) is 4.74 Å². The molecule has 3 rings (SSSR count). The molecule has 110 valence electrons. The van der Waals surface area contributed by atoms with Crippen molar-refractivity contribution in [3.8, 4) is 0 Å². The molecule has 0 saturated carbocycles. The van der Waals surface area contributed by atoms with E-state index in [1.54, 1.807) is 6.08 Å². The van der Waals surface area contributed by atoms with Crippen LogP contribution in [0.1, 0.15) is 26.2 Å². The molecule has 0 radical (unpaired) electrons. The Morgan fingerprint density at radius 3 is 3.14 bits per heavy atom. The average molecular weight is 286 g/mol. The Morgan fingerprint density at radius 2 is 2.33 bits per heavy atom. The molecule has 0 spiro atoms. The summed E-state index contributed by atoms with van der Waals surface area (Å²) in [7, 11) is 0. The monoisotopic (exact) mass is 286 g/mol. The number of nitrogens with zero attached hydrogens (tertiary/aromatic N) is 1. The van der Waals surface area contributed by atoms with Gasteiger partial charge in [-0.2, -0.15) is 0 Å². The van der Waals surface area contributed by atoms with Gasteiger partial charge in [0.25, 0.3) is 11.8 Å². The fraction of sp³-hybridized carbons (Fsp3) is 0.438. The van der Waals surface area contributed by atoms with Crippen LogP contribution in [0.3, 0.4) is 0 Å². The van der Waals surface area contributed by atoms with Gasteiger partial charge in [-0.1, -0.05) is 6.08 Å². The van der Waals surface area contributed by atoms with E-state index in [0.29, 0.717) is 12.3 Å². The van der Waals surface area contributed by atoms with E-state index in [1.807, 2.05) is 19.1 Å². The lowest BCUT2D eigenvalue weighted by Crippen LogP contribution is -2.35. The highest BCUT2D eigenvalue weighted by Crippen LogP contribution is 2.39. The molecule has 1 atom stereocenters. The highest BCUT2D eigenvalue weighted by Gasteiger charge is 2.34. The van der Waals surface area contributed by atoms with Crippen LogP contribution in [0.4, 0.5) is 0 Å². The summed E-state index contributed by atoms with van der Waals surface area (Å²) in [6.45, 7) is 2.31. The lowest BCUT2D eigenvalue weighted by atomic mass is 9.85. The van der Waals surface area contributed by atoms with Crippen LogP contribution in [0.15, 0.2) is 40.1 Å².